The number of rotatable bonds is 5. The summed E-state index contributed by atoms with van der Waals surface area (Å²) in [6.07, 6.45) is 5.89. The number of H-pyrrole nitrogens is 1. The van der Waals surface area contributed by atoms with Crippen LogP contribution >= 0.6 is 11.8 Å². The van der Waals surface area contributed by atoms with Gasteiger partial charge in [-0.25, -0.2) is 9.97 Å². The number of aromatic nitrogens is 5. The topological polar surface area (TPSA) is 88.0 Å². The summed E-state index contributed by atoms with van der Waals surface area (Å²) in [5.41, 5.74) is 1.25. The predicted octanol–water partition coefficient (Wildman–Crippen LogP) is 1.15. The number of amides is 1. The molecule has 0 saturated heterocycles. The zero-order chi connectivity index (χ0) is 14.7. The molecule has 0 aromatic carbocycles. The number of thioether (sulfide) groups is 1. The second kappa shape index (κ2) is 5.96. The Hall–Kier alpha value is -2.35. The summed E-state index contributed by atoms with van der Waals surface area (Å²) in [4.78, 5) is 20.7. The van der Waals surface area contributed by atoms with Gasteiger partial charge in [-0.05, 0) is 18.4 Å². The average molecular weight is 302 g/mol. The van der Waals surface area contributed by atoms with Crippen molar-refractivity contribution in [3.63, 3.8) is 0 Å². The number of fused-ring (bicyclic) bond motifs is 1. The van der Waals surface area contributed by atoms with Gasteiger partial charge in [0.2, 0.25) is 0 Å². The molecule has 108 valence electrons. The number of hydrogen-bond donors (Lipinski definition) is 2. The second-order valence-electron chi connectivity index (χ2n) is 4.34. The Bertz CT molecular complexity index is 751. The minimum Gasteiger partial charge on any atom is -0.350 e. The zero-order valence-corrected chi connectivity index (χ0v) is 12.2. The van der Waals surface area contributed by atoms with Crippen LogP contribution in [0.25, 0.3) is 5.52 Å². The fourth-order valence-electron chi connectivity index (χ4n) is 2.05. The molecule has 3 aromatic heterocycles. The van der Waals surface area contributed by atoms with E-state index in [4.69, 9.17) is 0 Å². The van der Waals surface area contributed by atoms with E-state index in [1.165, 1.54) is 18.1 Å². The lowest BCUT2D eigenvalue weighted by Crippen LogP contribution is -2.26. The van der Waals surface area contributed by atoms with E-state index >= 15 is 0 Å². The van der Waals surface area contributed by atoms with E-state index < -0.39 is 0 Å². The van der Waals surface area contributed by atoms with Crippen molar-refractivity contribution in [3.8, 4) is 0 Å². The van der Waals surface area contributed by atoms with Crippen LogP contribution in [-0.4, -0.2) is 43.3 Å². The van der Waals surface area contributed by atoms with Crippen LogP contribution < -0.4 is 5.32 Å². The van der Waals surface area contributed by atoms with Crippen LogP contribution in [0.1, 0.15) is 16.3 Å². The zero-order valence-electron chi connectivity index (χ0n) is 11.4. The number of imidazole rings is 1. The Morgan fingerprint density at radius 1 is 1.48 bits per heavy atom. The smallest absolute Gasteiger partial charge is 0.272 e. The van der Waals surface area contributed by atoms with Crippen molar-refractivity contribution >= 4 is 23.2 Å². The largest absolute Gasteiger partial charge is 0.350 e. The Labute approximate surface area is 125 Å². The molecule has 0 aliphatic heterocycles. The first-order valence-corrected chi connectivity index (χ1v) is 7.65. The lowest BCUT2D eigenvalue weighted by atomic mass is 10.3. The summed E-state index contributed by atoms with van der Waals surface area (Å²) < 4.78 is 1.91. The Kier molecular flexibility index (Phi) is 3.87. The molecule has 7 nitrogen and oxygen atoms in total. The first-order valence-electron chi connectivity index (χ1n) is 6.43. The highest BCUT2D eigenvalue weighted by atomic mass is 32.2. The maximum Gasteiger partial charge on any atom is 0.272 e. The molecule has 1 amide bonds. The fourth-order valence-corrected chi connectivity index (χ4v) is 2.59. The molecule has 3 aromatic rings. The number of nitrogens with zero attached hydrogens (tertiary/aromatic N) is 4. The molecule has 0 saturated carbocycles. The van der Waals surface area contributed by atoms with Crippen LogP contribution in [0.2, 0.25) is 0 Å². The fraction of sp³-hybridized carbons (Fsp3) is 0.231. The van der Waals surface area contributed by atoms with E-state index in [0.29, 0.717) is 18.7 Å². The first-order chi connectivity index (χ1) is 10.3. The molecule has 3 heterocycles. The van der Waals surface area contributed by atoms with Gasteiger partial charge >= 0.3 is 0 Å². The van der Waals surface area contributed by atoms with Gasteiger partial charge in [0.15, 0.2) is 10.9 Å². The lowest BCUT2D eigenvalue weighted by molar-refractivity contribution is 0.0951. The van der Waals surface area contributed by atoms with Crippen LogP contribution in [-0.2, 0) is 6.42 Å². The van der Waals surface area contributed by atoms with Crippen LogP contribution in [0, 0.1) is 0 Å². The van der Waals surface area contributed by atoms with E-state index in [2.05, 4.69) is 25.5 Å². The maximum atomic E-state index is 12.3. The predicted molar refractivity (Wildman–Crippen MR) is 79.4 cm³/mol. The van der Waals surface area contributed by atoms with Crippen molar-refractivity contribution in [1.82, 2.24) is 29.9 Å². The van der Waals surface area contributed by atoms with Gasteiger partial charge in [0, 0.05) is 19.2 Å². The average Bonchev–Trinajstić information content (AvgIpc) is 3.14. The number of pyridine rings is 1. The van der Waals surface area contributed by atoms with Gasteiger partial charge in [0.1, 0.15) is 12.2 Å². The van der Waals surface area contributed by atoms with Crippen LogP contribution in [0.5, 0.6) is 0 Å². The van der Waals surface area contributed by atoms with Crippen molar-refractivity contribution < 1.29 is 4.79 Å². The molecular weight excluding hydrogens is 288 g/mol. The van der Waals surface area contributed by atoms with Crippen molar-refractivity contribution in [1.29, 1.82) is 0 Å². The summed E-state index contributed by atoms with van der Waals surface area (Å²) in [5.74, 6) is 0.563. The molecule has 0 bridgehead atoms. The van der Waals surface area contributed by atoms with Gasteiger partial charge < -0.3 is 5.32 Å². The van der Waals surface area contributed by atoms with Crippen LogP contribution in [0.3, 0.4) is 0 Å². The van der Waals surface area contributed by atoms with Crippen molar-refractivity contribution in [2.24, 2.45) is 0 Å². The van der Waals surface area contributed by atoms with Crippen molar-refractivity contribution in [2.45, 2.75) is 11.6 Å². The van der Waals surface area contributed by atoms with E-state index in [1.807, 2.05) is 35.1 Å². The van der Waals surface area contributed by atoms with Gasteiger partial charge in [0.25, 0.3) is 5.91 Å². The highest BCUT2D eigenvalue weighted by Crippen LogP contribution is 2.19. The molecule has 0 unspecified atom stereocenters. The number of aromatic amines is 1. The number of nitrogens with one attached hydrogen (secondary N) is 2. The SMILES string of the molecule is CSc1nc(C(=O)NCCc2ncn[nH]2)c2ccccn12. The van der Waals surface area contributed by atoms with Gasteiger partial charge in [-0.2, -0.15) is 5.10 Å². The van der Waals surface area contributed by atoms with Crippen molar-refractivity contribution in [3.05, 3.63) is 42.2 Å². The highest BCUT2D eigenvalue weighted by Gasteiger charge is 2.16. The monoisotopic (exact) mass is 302 g/mol. The molecule has 0 aliphatic carbocycles. The summed E-state index contributed by atoms with van der Waals surface area (Å²) in [5, 5.41) is 10.2. The summed E-state index contributed by atoms with van der Waals surface area (Å²) in [6.45, 7) is 0.481. The van der Waals surface area contributed by atoms with E-state index in [1.54, 1.807) is 0 Å². The normalized spacial score (nSPS) is 10.9. The molecule has 2 N–H and O–H groups in total. The van der Waals surface area contributed by atoms with E-state index in [0.717, 1.165) is 16.5 Å². The highest BCUT2D eigenvalue weighted by molar-refractivity contribution is 7.98. The van der Waals surface area contributed by atoms with Gasteiger partial charge in [-0.1, -0.05) is 17.8 Å². The lowest BCUT2D eigenvalue weighted by Gasteiger charge is -2.01. The molecule has 0 fully saturated rings. The molecule has 21 heavy (non-hydrogen) atoms. The number of carbonyl (C=O) groups is 1. The quantitative estimate of drug-likeness (QED) is 0.690. The van der Waals surface area contributed by atoms with E-state index in [-0.39, 0.29) is 5.91 Å². The van der Waals surface area contributed by atoms with Gasteiger partial charge in [0.05, 0.1) is 5.52 Å². The summed E-state index contributed by atoms with van der Waals surface area (Å²) in [7, 11) is 0. The van der Waals surface area contributed by atoms with E-state index in [9.17, 15) is 4.79 Å². The standard InChI is InChI=1S/C13H14N6OS/c1-21-13-17-11(9-4-2-3-7-19(9)13)12(20)14-6-5-10-15-8-16-18-10/h2-4,7-8H,5-6H2,1H3,(H,14,20)(H,15,16,18). The Morgan fingerprint density at radius 3 is 3.14 bits per heavy atom. The van der Waals surface area contributed by atoms with Crippen LogP contribution in [0.15, 0.2) is 35.9 Å². The molecule has 0 aliphatic rings. The first kappa shape index (κ1) is 13.6. The Balaban J connectivity index is 1.75. The van der Waals surface area contributed by atoms with Crippen molar-refractivity contribution in [2.75, 3.05) is 12.8 Å². The van der Waals surface area contributed by atoms with Gasteiger partial charge in [-0.3, -0.25) is 14.3 Å². The summed E-state index contributed by atoms with van der Waals surface area (Å²) in [6, 6.07) is 5.70. The van der Waals surface area contributed by atoms with Crippen LogP contribution in [0.4, 0.5) is 0 Å². The molecule has 0 spiro atoms. The number of hydrogen-bond acceptors (Lipinski definition) is 5. The summed E-state index contributed by atoms with van der Waals surface area (Å²) >= 11 is 1.51. The second-order valence-corrected chi connectivity index (χ2v) is 5.11. The maximum absolute atomic E-state index is 12.3. The third kappa shape index (κ3) is 2.75. The van der Waals surface area contributed by atoms with Gasteiger partial charge in [-0.15, -0.1) is 0 Å². The third-order valence-corrected chi connectivity index (χ3v) is 3.68. The third-order valence-electron chi connectivity index (χ3n) is 3.03. The Morgan fingerprint density at radius 2 is 2.38 bits per heavy atom. The molecule has 3 rings (SSSR count). The minimum absolute atomic E-state index is 0.182. The molecule has 8 heteroatoms. The molecule has 0 radical (unpaired) electrons. The molecule has 0 atom stereocenters. The number of carbonyl (C=O) groups excluding carboxylic acids is 1. The minimum atomic E-state index is -0.182. The molecular formula is C13H14N6OS.